The number of fused-ring (bicyclic) bond motifs is 2. The molecule has 3 fully saturated rings. The first-order valence-electron chi connectivity index (χ1n) is 12.1. The highest BCUT2D eigenvalue weighted by molar-refractivity contribution is 6.30. The summed E-state index contributed by atoms with van der Waals surface area (Å²) in [7, 11) is 0. The minimum absolute atomic E-state index is 0.179. The van der Waals surface area contributed by atoms with E-state index >= 15 is 0 Å². The van der Waals surface area contributed by atoms with Gasteiger partial charge in [0.05, 0.1) is 6.54 Å². The van der Waals surface area contributed by atoms with Gasteiger partial charge < -0.3 is 9.32 Å². The molecular weight excluding hydrogens is 420 g/mol. The molecule has 0 N–H and O–H groups in total. The second kappa shape index (κ2) is 8.22. The summed E-state index contributed by atoms with van der Waals surface area (Å²) in [5.41, 5.74) is 1.70. The van der Waals surface area contributed by atoms with Crippen molar-refractivity contribution in [2.45, 2.75) is 65.5 Å². The van der Waals surface area contributed by atoms with Crippen LogP contribution < -0.4 is 0 Å². The summed E-state index contributed by atoms with van der Waals surface area (Å²) in [4.78, 5) is 18.1. The molecule has 172 valence electrons. The SMILES string of the molecule is CC1(C)CC2CC(C)(CN2C(=O)C2CCN(Cc3ccc(-c4ccc(Cl)cc4)o3)CC2)C1. The maximum absolute atomic E-state index is 13.4. The summed E-state index contributed by atoms with van der Waals surface area (Å²) in [5, 5.41) is 0.730. The zero-order valence-corrected chi connectivity index (χ0v) is 20.3. The second-order valence-corrected chi connectivity index (χ2v) is 11.9. The van der Waals surface area contributed by atoms with Crippen LogP contribution in [0.4, 0.5) is 0 Å². The fourth-order valence-electron chi connectivity index (χ4n) is 6.74. The molecule has 1 amide bonds. The monoisotopic (exact) mass is 454 g/mol. The number of amides is 1. The van der Waals surface area contributed by atoms with E-state index in [-0.39, 0.29) is 5.92 Å². The van der Waals surface area contributed by atoms with E-state index in [4.69, 9.17) is 16.0 Å². The molecule has 32 heavy (non-hydrogen) atoms. The molecule has 3 aliphatic rings. The van der Waals surface area contributed by atoms with Crippen LogP contribution in [-0.4, -0.2) is 41.4 Å². The molecule has 2 unspecified atom stereocenters. The lowest BCUT2D eigenvalue weighted by atomic mass is 9.65. The van der Waals surface area contributed by atoms with Crippen LogP contribution in [0.25, 0.3) is 11.3 Å². The molecule has 0 spiro atoms. The summed E-state index contributed by atoms with van der Waals surface area (Å²) >= 11 is 5.99. The predicted molar refractivity (Wildman–Crippen MR) is 128 cm³/mol. The van der Waals surface area contributed by atoms with E-state index in [1.165, 1.54) is 12.8 Å². The fourth-order valence-corrected chi connectivity index (χ4v) is 6.87. The Kier molecular flexibility index (Phi) is 5.66. The number of likely N-dealkylation sites (tertiary alicyclic amines) is 2. The average Bonchev–Trinajstić information content (AvgIpc) is 3.29. The first-order valence-corrected chi connectivity index (χ1v) is 12.5. The Bertz CT molecular complexity index is 974. The molecule has 0 radical (unpaired) electrons. The largest absolute Gasteiger partial charge is 0.460 e. The van der Waals surface area contributed by atoms with E-state index in [0.717, 1.165) is 67.5 Å². The lowest BCUT2D eigenvalue weighted by Crippen LogP contribution is -2.44. The third-order valence-corrected chi connectivity index (χ3v) is 8.06. The maximum Gasteiger partial charge on any atom is 0.226 e. The van der Waals surface area contributed by atoms with Gasteiger partial charge >= 0.3 is 0 Å². The van der Waals surface area contributed by atoms with Crippen molar-refractivity contribution in [3.8, 4) is 11.3 Å². The van der Waals surface area contributed by atoms with Crippen molar-refractivity contribution in [1.29, 1.82) is 0 Å². The summed E-state index contributed by atoms with van der Waals surface area (Å²) in [6.45, 7) is 10.8. The standard InChI is InChI=1S/C27H35ClN2O2/c1-26(2)14-22-15-27(3,17-26)18-30(22)25(31)20-10-12-29(13-11-20)16-23-8-9-24(32-23)19-4-6-21(28)7-5-19/h4-9,20,22H,10-18H2,1-3H3. The quantitative estimate of drug-likeness (QED) is 0.548. The highest BCUT2D eigenvalue weighted by atomic mass is 35.5. The number of carbonyl (C=O) groups excluding carboxylic acids is 1. The Morgan fingerprint density at radius 2 is 1.78 bits per heavy atom. The number of halogens is 1. The number of hydrogen-bond donors (Lipinski definition) is 0. The molecule has 2 bridgehead atoms. The number of benzene rings is 1. The van der Waals surface area contributed by atoms with Gasteiger partial charge in [0.15, 0.2) is 0 Å². The van der Waals surface area contributed by atoms with Gasteiger partial charge in [0.1, 0.15) is 11.5 Å². The van der Waals surface area contributed by atoms with Gasteiger partial charge in [0.2, 0.25) is 5.91 Å². The summed E-state index contributed by atoms with van der Waals surface area (Å²) in [6, 6.07) is 12.3. The van der Waals surface area contributed by atoms with Crippen molar-refractivity contribution in [3.63, 3.8) is 0 Å². The molecule has 1 aromatic heterocycles. The van der Waals surface area contributed by atoms with Gasteiger partial charge in [0, 0.05) is 29.1 Å². The number of rotatable bonds is 4. The smallest absolute Gasteiger partial charge is 0.226 e. The summed E-state index contributed by atoms with van der Waals surface area (Å²) in [5.74, 6) is 2.44. The van der Waals surface area contributed by atoms with Gasteiger partial charge in [-0.3, -0.25) is 9.69 Å². The highest BCUT2D eigenvalue weighted by Crippen LogP contribution is 2.52. The van der Waals surface area contributed by atoms with E-state index in [0.29, 0.717) is 22.8 Å². The third kappa shape index (κ3) is 4.49. The van der Waals surface area contributed by atoms with Crippen molar-refractivity contribution < 1.29 is 9.21 Å². The maximum atomic E-state index is 13.4. The van der Waals surface area contributed by atoms with Crippen LogP contribution in [0.2, 0.25) is 5.02 Å². The van der Waals surface area contributed by atoms with Crippen LogP contribution in [-0.2, 0) is 11.3 Å². The van der Waals surface area contributed by atoms with Crippen molar-refractivity contribution in [2.75, 3.05) is 19.6 Å². The highest BCUT2D eigenvalue weighted by Gasteiger charge is 2.51. The first kappa shape index (κ1) is 22.0. The minimum Gasteiger partial charge on any atom is -0.460 e. The topological polar surface area (TPSA) is 36.7 Å². The molecule has 4 nitrogen and oxygen atoms in total. The molecule has 1 aliphatic carbocycles. The summed E-state index contributed by atoms with van der Waals surface area (Å²) in [6.07, 6.45) is 5.48. The number of piperidine rings is 1. The van der Waals surface area contributed by atoms with E-state index in [9.17, 15) is 4.79 Å². The molecule has 3 heterocycles. The zero-order chi connectivity index (χ0) is 22.5. The van der Waals surface area contributed by atoms with Crippen LogP contribution in [0.5, 0.6) is 0 Å². The van der Waals surface area contributed by atoms with Crippen LogP contribution in [0.1, 0.15) is 58.6 Å². The van der Waals surface area contributed by atoms with Gasteiger partial charge in [-0.2, -0.15) is 0 Å². The Morgan fingerprint density at radius 3 is 2.50 bits per heavy atom. The third-order valence-electron chi connectivity index (χ3n) is 7.80. The molecular formula is C27H35ClN2O2. The van der Waals surface area contributed by atoms with Gasteiger partial charge in [-0.05, 0) is 92.4 Å². The lowest BCUT2D eigenvalue weighted by Gasteiger charge is -2.40. The first-order chi connectivity index (χ1) is 15.2. The van der Waals surface area contributed by atoms with E-state index < -0.39 is 0 Å². The molecule has 5 rings (SSSR count). The van der Waals surface area contributed by atoms with Gasteiger partial charge in [0.25, 0.3) is 0 Å². The molecule has 2 saturated heterocycles. The van der Waals surface area contributed by atoms with Crippen LogP contribution >= 0.6 is 11.6 Å². The number of nitrogens with zero attached hydrogens (tertiary/aromatic N) is 2. The fraction of sp³-hybridized carbons (Fsp3) is 0.593. The van der Waals surface area contributed by atoms with E-state index in [2.05, 4.69) is 36.6 Å². The molecule has 2 aromatic rings. The van der Waals surface area contributed by atoms with Crippen molar-refractivity contribution in [1.82, 2.24) is 9.80 Å². The average molecular weight is 455 g/mol. The van der Waals surface area contributed by atoms with Crippen molar-refractivity contribution in [3.05, 3.63) is 47.2 Å². The van der Waals surface area contributed by atoms with Gasteiger partial charge in [-0.25, -0.2) is 0 Å². The Hall–Kier alpha value is -1.78. The normalized spacial score (nSPS) is 28.2. The van der Waals surface area contributed by atoms with E-state index in [1.54, 1.807) is 0 Å². The Labute approximate surface area is 196 Å². The second-order valence-electron chi connectivity index (χ2n) is 11.5. The van der Waals surface area contributed by atoms with Gasteiger partial charge in [-0.15, -0.1) is 0 Å². The van der Waals surface area contributed by atoms with Crippen LogP contribution in [0.3, 0.4) is 0 Å². The van der Waals surface area contributed by atoms with Gasteiger partial charge in [-0.1, -0.05) is 32.4 Å². The van der Waals surface area contributed by atoms with Crippen LogP contribution in [0, 0.1) is 16.7 Å². The lowest BCUT2D eigenvalue weighted by molar-refractivity contribution is -0.138. The zero-order valence-electron chi connectivity index (χ0n) is 19.6. The summed E-state index contributed by atoms with van der Waals surface area (Å²) < 4.78 is 6.09. The molecule has 5 heteroatoms. The number of furan rings is 1. The number of hydrogen-bond acceptors (Lipinski definition) is 3. The van der Waals surface area contributed by atoms with Crippen molar-refractivity contribution in [2.24, 2.45) is 16.7 Å². The molecule has 2 atom stereocenters. The molecule has 1 aromatic carbocycles. The Morgan fingerprint density at radius 1 is 1.06 bits per heavy atom. The predicted octanol–water partition coefficient (Wildman–Crippen LogP) is 6.24. The molecule has 1 saturated carbocycles. The Balaban J connectivity index is 1.16. The van der Waals surface area contributed by atoms with E-state index in [1.807, 2.05) is 30.3 Å². The van der Waals surface area contributed by atoms with Crippen molar-refractivity contribution >= 4 is 17.5 Å². The number of carbonyl (C=O) groups is 1. The minimum atomic E-state index is 0.179. The van der Waals surface area contributed by atoms with Crippen LogP contribution in [0.15, 0.2) is 40.8 Å². The molecule has 2 aliphatic heterocycles.